The van der Waals surface area contributed by atoms with Gasteiger partial charge in [0.05, 0.1) is 0 Å². The topological polar surface area (TPSA) is 350 Å². The second-order valence-electron chi connectivity index (χ2n) is 13.6. The van der Waals surface area contributed by atoms with E-state index in [9.17, 15) is 47.1 Å². The summed E-state index contributed by atoms with van der Waals surface area (Å²) < 4.78 is 66.8. The number of Topliss-reactive ketones (excluding diaryl/α,β-unsaturated/α-hetero) is 4. The molecule has 0 atom stereocenters. The van der Waals surface area contributed by atoms with Gasteiger partial charge in [0.25, 0.3) is 0 Å². The largest absolute Gasteiger partial charge is 0.379 e. The first kappa shape index (κ1) is 39.6. The molecule has 300 valence electrons. The fourth-order valence-electron chi connectivity index (χ4n) is 8.29. The van der Waals surface area contributed by atoms with Crippen LogP contribution in [0, 0.1) is 0 Å². The summed E-state index contributed by atoms with van der Waals surface area (Å²) in [7, 11) is -10.1. The standard InChI is InChI=1S/C37H20N12O10S2/c38-46-42-25-5-1-3-21-27(25)35(29(44-48-40)33(52)31(21)50)60(54,55)58-19-7-9-23-17(15-19)11-13-37(23)14-12-18-16-20(8-10-24(18)37)59-61(56,57)36-28-22(4-2-6-26(28)43-47-39)32(51)34(53)30(36)45-49-41/h1-10,15-16H,11-14H2. The van der Waals surface area contributed by atoms with Crippen molar-refractivity contribution >= 4 is 64.6 Å². The van der Waals surface area contributed by atoms with Gasteiger partial charge in [0.2, 0.25) is 23.1 Å². The molecule has 0 saturated heterocycles. The Kier molecular flexibility index (Phi) is 9.45. The molecule has 0 aliphatic heterocycles. The summed E-state index contributed by atoms with van der Waals surface area (Å²) in [5.41, 5.74) is 34.5. The average Bonchev–Trinajstić information content (AvgIpc) is 3.78. The Balaban J connectivity index is 1.12. The average molecular weight is 857 g/mol. The first-order valence-electron chi connectivity index (χ1n) is 17.5. The van der Waals surface area contributed by atoms with Crippen molar-refractivity contribution < 1.29 is 44.4 Å². The smallest absolute Gasteiger partial charge is 0.340 e. The Morgan fingerprint density at radius 1 is 0.525 bits per heavy atom. The molecule has 4 aliphatic carbocycles. The van der Waals surface area contributed by atoms with Crippen LogP contribution in [-0.4, -0.2) is 40.0 Å². The number of ketones is 4. The van der Waals surface area contributed by atoms with Crippen LogP contribution in [0.5, 0.6) is 11.5 Å². The van der Waals surface area contributed by atoms with Crippen LogP contribution < -0.4 is 8.37 Å². The van der Waals surface area contributed by atoms with Crippen molar-refractivity contribution in [2.45, 2.75) is 31.1 Å². The van der Waals surface area contributed by atoms with Gasteiger partial charge in [-0.25, -0.2) is 0 Å². The van der Waals surface area contributed by atoms with Gasteiger partial charge in [-0.15, -0.1) is 0 Å². The molecule has 0 bridgehead atoms. The quantitative estimate of drug-likeness (QED) is 0.0485. The van der Waals surface area contributed by atoms with Crippen LogP contribution in [0.25, 0.3) is 51.6 Å². The number of benzene rings is 4. The minimum absolute atomic E-state index is 0.189. The molecule has 22 nitrogen and oxygen atoms in total. The Hall–Kier alpha value is -8.22. The van der Waals surface area contributed by atoms with Crippen molar-refractivity contribution in [3.8, 4) is 11.5 Å². The molecule has 4 aromatic rings. The van der Waals surface area contributed by atoms with Crippen LogP contribution in [0.3, 0.4) is 0 Å². The number of fused-ring (bicyclic) bond motifs is 6. The van der Waals surface area contributed by atoms with E-state index < -0.39 is 92.2 Å². The lowest BCUT2D eigenvalue weighted by atomic mass is 9.77. The van der Waals surface area contributed by atoms with Gasteiger partial charge in [0.1, 0.15) is 32.7 Å². The normalized spacial score (nSPS) is 17.6. The van der Waals surface area contributed by atoms with Gasteiger partial charge in [0, 0.05) is 58.7 Å². The first-order valence-corrected chi connectivity index (χ1v) is 20.3. The maximum atomic E-state index is 14.0. The van der Waals surface area contributed by atoms with E-state index in [0.717, 1.165) is 23.3 Å². The van der Waals surface area contributed by atoms with E-state index in [4.69, 9.17) is 19.4 Å². The maximum Gasteiger partial charge on any atom is 0.340 e. The van der Waals surface area contributed by atoms with Gasteiger partial charge >= 0.3 is 20.2 Å². The third-order valence-electron chi connectivity index (χ3n) is 10.6. The summed E-state index contributed by atoms with van der Waals surface area (Å²) in [6, 6.07) is 16.3. The number of allylic oxidation sites excluding steroid dienone is 2. The minimum Gasteiger partial charge on any atom is -0.379 e. The van der Waals surface area contributed by atoms with Crippen LogP contribution >= 0.6 is 0 Å². The molecule has 0 unspecified atom stereocenters. The van der Waals surface area contributed by atoms with Gasteiger partial charge in [-0.2, -0.15) is 16.8 Å². The summed E-state index contributed by atoms with van der Waals surface area (Å²) in [6.45, 7) is 0. The Bertz CT molecular complexity index is 3080. The fraction of sp³-hybridized carbons (Fsp3) is 0.135. The van der Waals surface area contributed by atoms with Crippen molar-refractivity contribution in [1.82, 2.24) is 0 Å². The lowest BCUT2D eigenvalue weighted by molar-refractivity contribution is -0.112. The highest BCUT2D eigenvalue weighted by Gasteiger charge is 2.46. The van der Waals surface area contributed by atoms with E-state index in [2.05, 4.69) is 40.1 Å². The van der Waals surface area contributed by atoms with E-state index in [0.29, 0.717) is 36.8 Å². The minimum atomic E-state index is -5.06. The number of aryl methyl sites for hydroxylation is 2. The SMILES string of the molecule is [N-]=[N+]=NC1=C(S(=O)(=O)Oc2ccc3c(c2)CCC32CCc3cc(OS(=O)(=O)C4=C(N=[N+]=[N-])C(=O)C(=O)c5cccc(N=[N+]=[N-])c54)ccc32)c2c(N=[N+]=[N-])cccc2C(=O)C1=O. The van der Waals surface area contributed by atoms with Gasteiger partial charge in [-0.05, 0) is 94.3 Å². The molecule has 0 heterocycles. The van der Waals surface area contributed by atoms with E-state index in [1.54, 1.807) is 12.1 Å². The van der Waals surface area contributed by atoms with Crippen LogP contribution in [0.1, 0.15) is 66.9 Å². The molecule has 0 fully saturated rings. The number of nitrogens with zero attached hydrogens (tertiary/aromatic N) is 12. The summed E-state index contributed by atoms with van der Waals surface area (Å²) >= 11 is 0. The highest BCUT2D eigenvalue weighted by atomic mass is 32.2. The zero-order chi connectivity index (χ0) is 43.4. The number of hydrogen-bond acceptors (Lipinski definition) is 14. The first-order chi connectivity index (χ1) is 29.2. The maximum absolute atomic E-state index is 14.0. The number of carbonyl (C=O) groups is 4. The number of carbonyl (C=O) groups excluding carboxylic acids is 4. The van der Waals surface area contributed by atoms with E-state index in [1.165, 1.54) is 48.5 Å². The number of azide groups is 4. The van der Waals surface area contributed by atoms with Crippen LogP contribution in [0.2, 0.25) is 0 Å². The molecule has 8 rings (SSSR count). The predicted molar refractivity (Wildman–Crippen MR) is 211 cm³/mol. The van der Waals surface area contributed by atoms with Crippen molar-refractivity contribution in [2.75, 3.05) is 0 Å². The molecule has 0 amide bonds. The molecule has 24 heteroatoms. The van der Waals surface area contributed by atoms with Crippen molar-refractivity contribution in [2.24, 2.45) is 20.5 Å². The van der Waals surface area contributed by atoms with Gasteiger partial charge in [-0.3, -0.25) is 19.2 Å². The second kappa shape index (κ2) is 14.6. The highest BCUT2D eigenvalue weighted by Crippen LogP contribution is 2.54. The molecule has 0 aromatic heterocycles. The Morgan fingerprint density at radius 2 is 0.918 bits per heavy atom. The highest BCUT2D eigenvalue weighted by molar-refractivity contribution is 7.97. The third-order valence-corrected chi connectivity index (χ3v) is 13.3. The molecule has 4 aromatic carbocycles. The van der Waals surface area contributed by atoms with Gasteiger partial charge < -0.3 is 8.37 Å². The van der Waals surface area contributed by atoms with Gasteiger partial charge in [0.15, 0.2) is 0 Å². The lowest BCUT2D eigenvalue weighted by Crippen LogP contribution is -2.27. The van der Waals surface area contributed by atoms with Crippen LogP contribution in [0.15, 0.2) is 105 Å². The molecule has 1 spiro atoms. The Morgan fingerprint density at radius 3 is 1.30 bits per heavy atom. The summed E-state index contributed by atoms with van der Waals surface area (Å²) in [5, 5.41) is 13.3. The molecule has 0 saturated carbocycles. The van der Waals surface area contributed by atoms with E-state index in [1.807, 2.05) is 0 Å². The molecular formula is C37H20N12O10S2. The number of hydrogen-bond donors (Lipinski definition) is 0. The van der Waals surface area contributed by atoms with Crippen molar-refractivity contribution in [3.05, 3.63) is 170 Å². The number of rotatable bonds is 10. The fourth-order valence-corrected chi connectivity index (χ4v) is 10.8. The summed E-state index contributed by atoms with van der Waals surface area (Å²) in [6.07, 6.45) is 1.98. The molecule has 0 N–H and O–H groups in total. The second-order valence-corrected chi connectivity index (χ2v) is 16.6. The summed E-state index contributed by atoms with van der Waals surface area (Å²) in [5.74, 6) is -5.57. The summed E-state index contributed by atoms with van der Waals surface area (Å²) in [4.78, 5) is 60.2. The predicted octanol–water partition coefficient (Wildman–Crippen LogP) is 8.05. The molecule has 0 radical (unpaired) electrons. The van der Waals surface area contributed by atoms with E-state index >= 15 is 0 Å². The molecule has 61 heavy (non-hydrogen) atoms. The third kappa shape index (κ3) is 6.21. The van der Waals surface area contributed by atoms with Gasteiger partial charge in [-0.1, -0.05) is 69.0 Å². The Labute approximate surface area is 341 Å². The van der Waals surface area contributed by atoms with Crippen molar-refractivity contribution in [3.63, 3.8) is 0 Å². The molecule has 4 aliphatic rings. The van der Waals surface area contributed by atoms with E-state index in [-0.39, 0.29) is 22.9 Å². The zero-order valence-electron chi connectivity index (χ0n) is 30.5. The molecular weight excluding hydrogens is 837 g/mol. The zero-order valence-corrected chi connectivity index (χ0v) is 32.2. The van der Waals surface area contributed by atoms with Crippen LogP contribution in [0.4, 0.5) is 11.4 Å². The van der Waals surface area contributed by atoms with Crippen molar-refractivity contribution in [1.29, 1.82) is 0 Å². The lowest BCUT2D eigenvalue weighted by Gasteiger charge is -2.27. The monoisotopic (exact) mass is 856 g/mol. The van der Waals surface area contributed by atoms with Crippen LogP contribution in [-0.2, 0) is 48.1 Å².